The minimum Gasteiger partial charge on any atom is -0.338 e. The molecule has 0 bridgehead atoms. The Kier molecular flexibility index (Phi) is 3.97. The second-order valence-electron chi connectivity index (χ2n) is 6.21. The number of likely N-dealkylation sites (tertiary alicyclic amines) is 1. The Bertz CT molecular complexity index is 892. The van der Waals surface area contributed by atoms with Crippen LogP contribution in [0.15, 0.2) is 49.2 Å². The lowest BCUT2D eigenvalue weighted by Crippen LogP contribution is -2.28. The van der Waals surface area contributed by atoms with E-state index in [-0.39, 0.29) is 11.8 Å². The maximum Gasteiger partial charge on any atom is 0.253 e. The SMILES string of the molecule is Cc1ccnc([C@@H]2CCN(C(=O)c3cccc(-n4cnnc4)c3)C2)n1. The Hall–Kier alpha value is -3.09. The summed E-state index contributed by atoms with van der Waals surface area (Å²) >= 11 is 0. The quantitative estimate of drug-likeness (QED) is 0.732. The van der Waals surface area contributed by atoms with Gasteiger partial charge in [-0.05, 0) is 37.6 Å². The summed E-state index contributed by atoms with van der Waals surface area (Å²) in [6.45, 7) is 3.33. The van der Waals surface area contributed by atoms with Gasteiger partial charge in [0.05, 0.1) is 0 Å². The van der Waals surface area contributed by atoms with Crippen molar-refractivity contribution < 1.29 is 4.79 Å². The van der Waals surface area contributed by atoms with Gasteiger partial charge in [-0.1, -0.05) is 6.07 Å². The number of carbonyl (C=O) groups is 1. The highest BCUT2D eigenvalue weighted by Gasteiger charge is 2.29. The summed E-state index contributed by atoms with van der Waals surface area (Å²) in [6, 6.07) is 9.39. The van der Waals surface area contributed by atoms with Gasteiger partial charge in [-0.2, -0.15) is 0 Å². The number of aryl methyl sites for hydroxylation is 1. The molecule has 126 valence electrons. The maximum atomic E-state index is 12.9. The number of aromatic nitrogens is 5. The second kappa shape index (κ2) is 6.43. The molecule has 0 saturated carbocycles. The first-order valence-electron chi connectivity index (χ1n) is 8.24. The number of hydrogen-bond acceptors (Lipinski definition) is 5. The van der Waals surface area contributed by atoms with E-state index in [1.165, 1.54) is 0 Å². The van der Waals surface area contributed by atoms with E-state index in [0.29, 0.717) is 12.1 Å². The predicted molar refractivity (Wildman–Crippen MR) is 91.4 cm³/mol. The zero-order chi connectivity index (χ0) is 17.2. The molecule has 3 heterocycles. The lowest BCUT2D eigenvalue weighted by molar-refractivity contribution is 0.0790. The second-order valence-corrected chi connectivity index (χ2v) is 6.21. The molecule has 1 atom stereocenters. The number of hydrogen-bond donors (Lipinski definition) is 0. The first kappa shape index (κ1) is 15.4. The molecule has 0 spiro atoms. The molecule has 1 aliphatic heterocycles. The minimum atomic E-state index is 0.0325. The van der Waals surface area contributed by atoms with Gasteiger partial charge in [0.15, 0.2) is 0 Å². The molecule has 0 aliphatic carbocycles. The van der Waals surface area contributed by atoms with Crippen molar-refractivity contribution in [3.05, 3.63) is 66.3 Å². The number of nitrogens with zero attached hydrogens (tertiary/aromatic N) is 6. The third kappa shape index (κ3) is 3.13. The van der Waals surface area contributed by atoms with Crippen LogP contribution in [0.5, 0.6) is 0 Å². The largest absolute Gasteiger partial charge is 0.338 e. The smallest absolute Gasteiger partial charge is 0.253 e. The molecule has 1 aromatic carbocycles. The maximum absolute atomic E-state index is 12.9. The summed E-state index contributed by atoms with van der Waals surface area (Å²) in [6.07, 6.45) is 5.90. The van der Waals surface area contributed by atoms with Gasteiger partial charge in [0, 0.05) is 42.1 Å². The Labute approximate surface area is 145 Å². The van der Waals surface area contributed by atoms with Crippen LogP contribution in [0.25, 0.3) is 5.69 Å². The zero-order valence-corrected chi connectivity index (χ0v) is 13.9. The lowest BCUT2D eigenvalue weighted by atomic mass is 10.1. The van der Waals surface area contributed by atoms with E-state index in [2.05, 4.69) is 20.2 Å². The van der Waals surface area contributed by atoms with Crippen LogP contribution in [0.1, 0.15) is 34.2 Å². The Morgan fingerprint density at radius 1 is 1.20 bits per heavy atom. The van der Waals surface area contributed by atoms with Gasteiger partial charge in [0.1, 0.15) is 18.5 Å². The van der Waals surface area contributed by atoms with E-state index in [1.54, 1.807) is 23.4 Å². The van der Waals surface area contributed by atoms with Crippen LogP contribution in [0.2, 0.25) is 0 Å². The third-order valence-corrected chi connectivity index (χ3v) is 4.46. The van der Waals surface area contributed by atoms with Crippen LogP contribution < -0.4 is 0 Å². The van der Waals surface area contributed by atoms with Crippen LogP contribution in [-0.2, 0) is 0 Å². The molecular weight excluding hydrogens is 316 g/mol. The molecular formula is C18H18N6O. The summed E-state index contributed by atoms with van der Waals surface area (Å²) in [5.41, 5.74) is 2.49. The van der Waals surface area contributed by atoms with Crippen LogP contribution in [0, 0.1) is 6.92 Å². The van der Waals surface area contributed by atoms with E-state index in [4.69, 9.17) is 0 Å². The van der Waals surface area contributed by atoms with E-state index in [0.717, 1.165) is 30.2 Å². The van der Waals surface area contributed by atoms with E-state index in [9.17, 15) is 4.79 Å². The molecule has 0 N–H and O–H groups in total. The number of carbonyl (C=O) groups excluding carboxylic acids is 1. The van der Waals surface area contributed by atoms with Crippen molar-refractivity contribution in [2.24, 2.45) is 0 Å². The van der Waals surface area contributed by atoms with Crippen molar-refractivity contribution in [3.63, 3.8) is 0 Å². The topological polar surface area (TPSA) is 76.8 Å². The molecule has 7 nitrogen and oxygen atoms in total. The van der Waals surface area contributed by atoms with Gasteiger partial charge >= 0.3 is 0 Å². The fraction of sp³-hybridized carbons (Fsp3) is 0.278. The Balaban J connectivity index is 1.51. The Morgan fingerprint density at radius 3 is 2.84 bits per heavy atom. The van der Waals surface area contributed by atoms with Crippen molar-refractivity contribution in [1.29, 1.82) is 0 Å². The van der Waals surface area contributed by atoms with Crippen LogP contribution in [-0.4, -0.2) is 48.6 Å². The van der Waals surface area contributed by atoms with E-state index >= 15 is 0 Å². The first-order valence-corrected chi connectivity index (χ1v) is 8.24. The summed E-state index contributed by atoms with van der Waals surface area (Å²) in [5, 5.41) is 7.61. The molecule has 1 aliphatic rings. The first-order chi connectivity index (χ1) is 12.2. The lowest BCUT2D eigenvalue weighted by Gasteiger charge is -2.17. The van der Waals surface area contributed by atoms with E-state index in [1.807, 2.05) is 42.2 Å². The van der Waals surface area contributed by atoms with Gasteiger partial charge < -0.3 is 4.90 Å². The van der Waals surface area contributed by atoms with Gasteiger partial charge in [0.2, 0.25) is 0 Å². The summed E-state index contributed by atoms with van der Waals surface area (Å²) in [4.78, 5) is 23.6. The predicted octanol–water partition coefficient (Wildman–Crippen LogP) is 2.00. The Morgan fingerprint density at radius 2 is 2.04 bits per heavy atom. The van der Waals surface area contributed by atoms with Gasteiger partial charge in [0.25, 0.3) is 5.91 Å². The van der Waals surface area contributed by atoms with Crippen LogP contribution >= 0.6 is 0 Å². The standard InChI is InChI=1S/C18H18N6O/c1-13-5-7-19-17(22-13)15-6-8-23(10-15)18(25)14-3-2-4-16(9-14)24-11-20-21-12-24/h2-5,7,9,11-12,15H,6,8,10H2,1H3/t15-/m1/s1. The molecule has 7 heteroatoms. The zero-order valence-electron chi connectivity index (χ0n) is 13.9. The molecule has 0 radical (unpaired) electrons. The average molecular weight is 334 g/mol. The molecule has 1 saturated heterocycles. The van der Waals surface area contributed by atoms with Gasteiger partial charge in [-0.3, -0.25) is 9.36 Å². The van der Waals surface area contributed by atoms with Crippen molar-refractivity contribution >= 4 is 5.91 Å². The number of amides is 1. The fourth-order valence-corrected chi connectivity index (χ4v) is 3.14. The molecule has 25 heavy (non-hydrogen) atoms. The van der Waals surface area contributed by atoms with Gasteiger partial charge in [-0.15, -0.1) is 10.2 Å². The van der Waals surface area contributed by atoms with Gasteiger partial charge in [-0.25, -0.2) is 9.97 Å². The van der Waals surface area contributed by atoms with Crippen molar-refractivity contribution in [1.82, 2.24) is 29.6 Å². The highest BCUT2D eigenvalue weighted by Crippen LogP contribution is 2.26. The van der Waals surface area contributed by atoms with Crippen molar-refractivity contribution in [2.75, 3.05) is 13.1 Å². The van der Waals surface area contributed by atoms with Crippen LogP contribution in [0.4, 0.5) is 0 Å². The van der Waals surface area contributed by atoms with Crippen molar-refractivity contribution in [2.45, 2.75) is 19.3 Å². The number of rotatable bonds is 3. The average Bonchev–Trinajstić information content (AvgIpc) is 3.33. The normalized spacial score (nSPS) is 17.0. The molecule has 1 amide bonds. The molecule has 3 aromatic rings. The highest BCUT2D eigenvalue weighted by molar-refractivity contribution is 5.95. The highest BCUT2D eigenvalue weighted by atomic mass is 16.2. The summed E-state index contributed by atoms with van der Waals surface area (Å²) < 4.78 is 1.78. The minimum absolute atomic E-state index is 0.0325. The number of benzene rings is 1. The summed E-state index contributed by atoms with van der Waals surface area (Å²) in [7, 11) is 0. The van der Waals surface area contributed by atoms with Crippen molar-refractivity contribution in [3.8, 4) is 5.69 Å². The van der Waals surface area contributed by atoms with Crippen LogP contribution in [0.3, 0.4) is 0 Å². The molecule has 1 fully saturated rings. The fourth-order valence-electron chi connectivity index (χ4n) is 3.14. The third-order valence-electron chi connectivity index (χ3n) is 4.46. The molecule has 4 rings (SSSR count). The molecule has 2 aromatic heterocycles. The monoisotopic (exact) mass is 334 g/mol. The summed E-state index contributed by atoms with van der Waals surface area (Å²) in [5.74, 6) is 1.06. The molecule has 0 unspecified atom stereocenters. The van der Waals surface area contributed by atoms with E-state index < -0.39 is 0 Å².